The maximum atomic E-state index is 2.41. The van der Waals surface area contributed by atoms with Crippen molar-refractivity contribution in [1.82, 2.24) is 0 Å². The predicted molar refractivity (Wildman–Crippen MR) is 126 cm³/mol. The Morgan fingerprint density at radius 3 is 1.63 bits per heavy atom. The van der Waals surface area contributed by atoms with Crippen LogP contribution in [0.3, 0.4) is 0 Å². The van der Waals surface area contributed by atoms with Gasteiger partial charge in [-0.15, -0.1) is 13.5 Å². The molecule has 0 bridgehead atoms. The smallest absolute Gasteiger partial charge is 0.214 e. The Morgan fingerprint density at radius 1 is 0.778 bits per heavy atom. The Balaban J connectivity index is 0.000000969. The van der Waals surface area contributed by atoms with E-state index in [1.165, 1.54) is 12.3 Å². The fourth-order valence-electron chi connectivity index (χ4n) is 3.44. The average Bonchev–Trinajstić information content (AvgIpc) is 3.23. The van der Waals surface area contributed by atoms with E-state index in [-0.39, 0.29) is 32.9 Å². The van der Waals surface area contributed by atoms with Crippen LogP contribution in [-0.4, -0.2) is 22.6 Å². The van der Waals surface area contributed by atoms with Crippen LogP contribution in [0.5, 0.6) is 0 Å². The summed E-state index contributed by atoms with van der Waals surface area (Å²) < 4.78 is 0. The van der Waals surface area contributed by atoms with Crippen LogP contribution in [0.15, 0.2) is 48.5 Å². The Kier molecular flexibility index (Phi) is 14.2. The van der Waals surface area contributed by atoms with Gasteiger partial charge in [0.1, 0.15) is 0 Å². The van der Waals surface area contributed by atoms with E-state index >= 15 is 0 Å². The van der Waals surface area contributed by atoms with E-state index in [9.17, 15) is 0 Å². The molecule has 0 N–H and O–H groups in total. The molecule has 0 radical (unpaired) electrons. The molecule has 0 spiro atoms. The summed E-state index contributed by atoms with van der Waals surface area (Å²) in [6.45, 7) is 19.2. The first kappa shape index (κ1) is 27.1. The molecular formula is C24H40FeP2. The zero-order valence-electron chi connectivity index (χ0n) is 18.6. The molecule has 0 amide bonds. The molecule has 0 saturated carbocycles. The van der Waals surface area contributed by atoms with E-state index in [4.69, 9.17) is 0 Å². The molecule has 0 fully saturated rings. The van der Waals surface area contributed by atoms with Crippen LogP contribution in [0, 0.1) is 0 Å². The van der Waals surface area contributed by atoms with E-state index in [1.807, 2.05) is 30.3 Å². The van der Waals surface area contributed by atoms with Crippen molar-refractivity contribution < 1.29 is 17.1 Å². The SMILES string of the molecule is CC(C)P(Cc1ccc[c-]1CP(C(C)C)C(C)C)C(C)C.[Fe+2].c1cc[cH-]c1. The molecule has 0 aliphatic heterocycles. The third-order valence-corrected chi connectivity index (χ3v) is 11.6. The monoisotopic (exact) mass is 446 g/mol. The Bertz CT molecular complexity index is 497. The first-order chi connectivity index (χ1) is 12.2. The summed E-state index contributed by atoms with van der Waals surface area (Å²) >= 11 is 0. The van der Waals surface area contributed by atoms with E-state index < -0.39 is 0 Å². The molecule has 0 saturated heterocycles. The quantitative estimate of drug-likeness (QED) is 0.217. The predicted octanol–water partition coefficient (Wildman–Crippen LogP) is 8.41. The fraction of sp³-hybridized carbons (Fsp3) is 0.583. The molecule has 27 heavy (non-hydrogen) atoms. The molecule has 2 rings (SSSR count). The summed E-state index contributed by atoms with van der Waals surface area (Å²) in [6.07, 6.45) is 2.65. The van der Waals surface area contributed by atoms with Crippen molar-refractivity contribution in [2.45, 2.75) is 90.3 Å². The zero-order valence-corrected chi connectivity index (χ0v) is 21.5. The molecule has 3 heteroatoms. The summed E-state index contributed by atoms with van der Waals surface area (Å²) in [5, 5.41) is 0. The molecule has 0 aromatic heterocycles. The van der Waals surface area contributed by atoms with Gasteiger partial charge in [0, 0.05) is 0 Å². The van der Waals surface area contributed by atoms with Gasteiger partial charge >= 0.3 is 17.1 Å². The molecule has 0 aliphatic carbocycles. The standard InChI is InChI=1S/C19H35P2.C5H5.Fe/c1-14(2)20(15(3)4)12-18-10-9-11-19(18)13-21(16(5)6)17(7)8;1-2-4-5-3-1;/h9-11,14-17H,12-13H2,1-8H3;1-5H;/q2*-1;+2. The molecule has 0 heterocycles. The third-order valence-electron chi connectivity index (χ3n) is 4.92. The average molecular weight is 446 g/mol. The van der Waals surface area contributed by atoms with Crippen molar-refractivity contribution in [2.24, 2.45) is 0 Å². The van der Waals surface area contributed by atoms with Gasteiger partial charge in [-0.2, -0.15) is 29.8 Å². The Hall–Kier alpha value is 0.0795. The summed E-state index contributed by atoms with van der Waals surface area (Å²) in [4.78, 5) is 0. The molecule has 0 nitrogen and oxygen atoms in total. The minimum absolute atomic E-state index is 0. The molecule has 2 aromatic rings. The molecule has 0 atom stereocenters. The number of hydrogen-bond donors (Lipinski definition) is 0. The van der Waals surface area contributed by atoms with E-state index in [0.717, 1.165) is 22.6 Å². The maximum absolute atomic E-state index is 2.41. The minimum Gasteiger partial charge on any atom is -0.214 e. The second-order valence-corrected chi connectivity index (χ2v) is 15.1. The van der Waals surface area contributed by atoms with Gasteiger partial charge in [0.2, 0.25) is 0 Å². The van der Waals surface area contributed by atoms with Gasteiger partial charge in [-0.3, -0.25) is 0 Å². The molecule has 2 aromatic carbocycles. The van der Waals surface area contributed by atoms with Gasteiger partial charge in [-0.25, -0.2) is 24.3 Å². The van der Waals surface area contributed by atoms with Crippen LogP contribution in [0.2, 0.25) is 0 Å². The van der Waals surface area contributed by atoms with Gasteiger partial charge in [0.25, 0.3) is 0 Å². The summed E-state index contributed by atoms with van der Waals surface area (Å²) in [5.41, 5.74) is 6.63. The van der Waals surface area contributed by atoms with Crippen molar-refractivity contribution in [3.8, 4) is 0 Å². The summed E-state index contributed by atoms with van der Waals surface area (Å²) in [7, 11) is 0.212. The van der Waals surface area contributed by atoms with Crippen LogP contribution in [0.25, 0.3) is 0 Å². The van der Waals surface area contributed by atoms with E-state index in [2.05, 4.69) is 73.6 Å². The van der Waals surface area contributed by atoms with Gasteiger partial charge in [-0.1, -0.05) is 69.5 Å². The fourth-order valence-corrected chi connectivity index (χ4v) is 8.69. The van der Waals surface area contributed by atoms with Crippen molar-refractivity contribution in [3.63, 3.8) is 0 Å². The molecule has 0 unspecified atom stereocenters. The van der Waals surface area contributed by atoms with Crippen LogP contribution in [0.4, 0.5) is 0 Å². The Labute approximate surface area is 182 Å². The van der Waals surface area contributed by atoms with Crippen molar-refractivity contribution in [2.75, 3.05) is 0 Å². The van der Waals surface area contributed by atoms with Crippen molar-refractivity contribution >= 4 is 15.8 Å². The molecular weight excluding hydrogens is 406 g/mol. The summed E-state index contributed by atoms with van der Waals surface area (Å²) in [6, 6.07) is 17.1. The van der Waals surface area contributed by atoms with Gasteiger partial charge < -0.3 is 0 Å². The van der Waals surface area contributed by atoms with E-state index in [0.29, 0.717) is 0 Å². The largest absolute Gasteiger partial charge is 2.00 e. The van der Waals surface area contributed by atoms with Gasteiger partial charge in [0.15, 0.2) is 0 Å². The van der Waals surface area contributed by atoms with Crippen LogP contribution >= 0.6 is 15.8 Å². The minimum atomic E-state index is 0. The molecule has 154 valence electrons. The normalized spacial score (nSPS) is 11.5. The first-order valence-electron chi connectivity index (χ1n) is 10.2. The Morgan fingerprint density at radius 2 is 1.26 bits per heavy atom. The zero-order chi connectivity index (χ0) is 19.7. The van der Waals surface area contributed by atoms with Gasteiger partial charge in [-0.05, 0) is 28.8 Å². The topological polar surface area (TPSA) is 0 Å². The second-order valence-electron chi connectivity index (χ2n) is 8.26. The second kappa shape index (κ2) is 14.1. The van der Waals surface area contributed by atoms with Crippen molar-refractivity contribution in [3.05, 3.63) is 59.7 Å². The third kappa shape index (κ3) is 9.90. The molecule has 0 aliphatic rings. The van der Waals surface area contributed by atoms with E-state index in [1.54, 1.807) is 11.1 Å². The van der Waals surface area contributed by atoms with Crippen LogP contribution < -0.4 is 0 Å². The first-order valence-corrected chi connectivity index (χ1v) is 13.5. The summed E-state index contributed by atoms with van der Waals surface area (Å²) in [5.74, 6) is 0. The number of rotatable bonds is 8. The number of hydrogen-bond acceptors (Lipinski definition) is 0. The van der Waals surface area contributed by atoms with Crippen LogP contribution in [-0.2, 0) is 29.4 Å². The maximum Gasteiger partial charge on any atom is 2.00 e. The van der Waals surface area contributed by atoms with Gasteiger partial charge in [0.05, 0.1) is 0 Å². The van der Waals surface area contributed by atoms with Crippen LogP contribution in [0.1, 0.15) is 66.5 Å². The van der Waals surface area contributed by atoms with Crippen molar-refractivity contribution in [1.29, 1.82) is 0 Å².